The summed E-state index contributed by atoms with van der Waals surface area (Å²) in [4.78, 5) is 2.31. The van der Waals surface area contributed by atoms with Gasteiger partial charge >= 0.3 is 0 Å². The van der Waals surface area contributed by atoms with E-state index in [0.717, 1.165) is 24.9 Å². The van der Waals surface area contributed by atoms with Crippen molar-refractivity contribution in [3.63, 3.8) is 0 Å². The quantitative estimate of drug-likeness (QED) is 0.839. The zero-order valence-corrected chi connectivity index (χ0v) is 10.8. The molecule has 1 heterocycles. The first kappa shape index (κ1) is 12.2. The number of hydrogen-bond acceptors (Lipinski definition) is 2. The molecule has 2 rings (SSSR count). The fourth-order valence-electron chi connectivity index (χ4n) is 2.27. The van der Waals surface area contributed by atoms with Gasteiger partial charge in [0.05, 0.1) is 0 Å². The second-order valence-electron chi connectivity index (χ2n) is 4.48. The lowest BCUT2D eigenvalue weighted by atomic mass is 9.93. The van der Waals surface area contributed by atoms with Gasteiger partial charge in [-0.2, -0.15) is 0 Å². The monoisotopic (exact) mass is 258 g/mol. The second kappa shape index (κ2) is 4.92. The maximum atomic E-state index is 6.02. The largest absolute Gasteiger partial charge is 0.328 e. The molecule has 0 radical (unpaired) electrons. The summed E-state index contributed by atoms with van der Waals surface area (Å²) in [6.45, 7) is 1.02. The molecule has 2 nitrogen and oxygen atoms in total. The fourth-order valence-corrected chi connectivity index (χ4v) is 2.81. The molecule has 4 heteroatoms. The van der Waals surface area contributed by atoms with Gasteiger partial charge in [-0.25, -0.2) is 0 Å². The normalized spacial score (nSPS) is 27.0. The van der Waals surface area contributed by atoms with Gasteiger partial charge in [-0.05, 0) is 50.2 Å². The van der Waals surface area contributed by atoms with Crippen molar-refractivity contribution >= 4 is 23.2 Å². The summed E-state index contributed by atoms with van der Waals surface area (Å²) in [5.74, 6) is 0. The van der Waals surface area contributed by atoms with Crippen LogP contribution in [0.15, 0.2) is 18.2 Å². The first-order valence-corrected chi connectivity index (χ1v) is 6.23. The molecule has 1 aliphatic heterocycles. The molecule has 0 amide bonds. The summed E-state index contributed by atoms with van der Waals surface area (Å²) >= 11 is 12.0. The summed E-state index contributed by atoms with van der Waals surface area (Å²) in [5, 5.41) is 1.38. The number of rotatable bonds is 1. The van der Waals surface area contributed by atoms with Gasteiger partial charge in [0.2, 0.25) is 0 Å². The van der Waals surface area contributed by atoms with Crippen LogP contribution in [0.2, 0.25) is 10.0 Å². The minimum atomic E-state index is 0.277. The van der Waals surface area contributed by atoms with E-state index in [-0.39, 0.29) is 6.04 Å². The molecule has 2 N–H and O–H groups in total. The van der Waals surface area contributed by atoms with Crippen LogP contribution in [0.3, 0.4) is 0 Å². The molecule has 2 unspecified atom stereocenters. The zero-order chi connectivity index (χ0) is 11.7. The molecule has 1 saturated heterocycles. The highest BCUT2D eigenvalue weighted by Crippen LogP contribution is 2.32. The lowest BCUT2D eigenvalue weighted by molar-refractivity contribution is 0.171. The molecule has 88 valence electrons. The van der Waals surface area contributed by atoms with Crippen LogP contribution in [0.1, 0.15) is 24.4 Å². The highest BCUT2D eigenvalue weighted by molar-refractivity contribution is 6.34. The molecule has 1 aromatic rings. The highest BCUT2D eigenvalue weighted by atomic mass is 35.5. The standard InChI is InChI=1S/C12H16Cl2N2/c1-16-3-2-11(15)7-12(16)8-4-9(13)6-10(14)5-8/h4-6,11-12H,2-3,7,15H2,1H3. The number of likely N-dealkylation sites (tertiary alicyclic amines) is 1. The first-order valence-electron chi connectivity index (χ1n) is 5.48. The molecular weight excluding hydrogens is 243 g/mol. The maximum Gasteiger partial charge on any atom is 0.0424 e. The van der Waals surface area contributed by atoms with E-state index >= 15 is 0 Å². The molecule has 1 aromatic carbocycles. The van der Waals surface area contributed by atoms with Gasteiger partial charge in [0, 0.05) is 22.1 Å². The number of nitrogens with two attached hydrogens (primary N) is 1. The summed E-state index contributed by atoms with van der Waals surface area (Å²) in [5.41, 5.74) is 7.17. The van der Waals surface area contributed by atoms with E-state index in [1.54, 1.807) is 6.07 Å². The van der Waals surface area contributed by atoms with E-state index < -0.39 is 0 Å². The Morgan fingerprint density at radius 2 is 1.88 bits per heavy atom. The average molecular weight is 259 g/mol. The Hall–Kier alpha value is -0.280. The van der Waals surface area contributed by atoms with E-state index in [1.165, 1.54) is 0 Å². The Labute approximate surface area is 106 Å². The molecule has 16 heavy (non-hydrogen) atoms. The van der Waals surface area contributed by atoms with Gasteiger partial charge in [0.15, 0.2) is 0 Å². The van der Waals surface area contributed by atoms with Crippen LogP contribution in [0.25, 0.3) is 0 Å². The minimum Gasteiger partial charge on any atom is -0.328 e. The number of halogens is 2. The van der Waals surface area contributed by atoms with Gasteiger partial charge in [-0.3, -0.25) is 4.90 Å². The van der Waals surface area contributed by atoms with Crippen molar-refractivity contribution in [2.75, 3.05) is 13.6 Å². The van der Waals surface area contributed by atoms with E-state index in [4.69, 9.17) is 28.9 Å². The molecule has 1 fully saturated rings. The van der Waals surface area contributed by atoms with Crippen molar-refractivity contribution in [3.05, 3.63) is 33.8 Å². The van der Waals surface area contributed by atoms with Crippen LogP contribution < -0.4 is 5.73 Å². The van der Waals surface area contributed by atoms with Crippen molar-refractivity contribution in [3.8, 4) is 0 Å². The van der Waals surface area contributed by atoms with Crippen LogP contribution in [0.5, 0.6) is 0 Å². The summed E-state index contributed by atoms with van der Waals surface area (Å²) in [7, 11) is 2.12. The Balaban J connectivity index is 2.27. The Morgan fingerprint density at radius 3 is 2.50 bits per heavy atom. The van der Waals surface area contributed by atoms with Crippen molar-refractivity contribution in [1.29, 1.82) is 0 Å². The molecule has 0 aromatic heterocycles. The van der Waals surface area contributed by atoms with Crippen molar-refractivity contribution in [2.45, 2.75) is 24.9 Å². The third kappa shape index (κ3) is 2.69. The average Bonchev–Trinajstić information content (AvgIpc) is 2.20. The van der Waals surface area contributed by atoms with Crippen LogP contribution >= 0.6 is 23.2 Å². The minimum absolute atomic E-state index is 0.277. The molecule has 0 spiro atoms. The summed E-state index contributed by atoms with van der Waals surface area (Å²) < 4.78 is 0. The summed E-state index contributed by atoms with van der Waals surface area (Å²) in [6, 6.07) is 6.33. The van der Waals surface area contributed by atoms with Crippen molar-refractivity contribution < 1.29 is 0 Å². The predicted octanol–water partition coefficient (Wildman–Crippen LogP) is 3.09. The lowest BCUT2D eigenvalue weighted by Gasteiger charge is -2.36. The van der Waals surface area contributed by atoms with E-state index in [0.29, 0.717) is 16.1 Å². The lowest BCUT2D eigenvalue weighted by Crippen LogP contribution is -2.39. The van der Waals surface area contributed by atoms with Crippen molar-refractivity contribution in [1.82, 2.24) is 4.90 Å². The Morgan fingerprint density at radius 1 is 1.25 bits per heavy atom. The number of hydrogen-bond donors (Lipinski definition) is 1. The third-order valence-electron chi connectivity index (χ3n) is 3.18. The van der Waals surface area contributed by atoms with Gasteiger partial charge in [-0.15, -0.1) is 0 Å². The zero-order valence-electron chi connectivity index (χ0n) is 9.29. The van der Waals surface area contributed by atoms with E-state index in [1.807, 2.05) is 12.1 Å². The smallest absolute Gasteiger partial charge is 0.0424 e. The van der Waals surface area contributed by atoms with Crippen LogP contribution in [-0.4, -0.2) is 24.5 Å². The molecule has 0 bridgehead atoms. The SMILES string of the molecule is CN1CCC(N)CC1c1cc(Cl)cc(Cl)c1. The van der Waals surface area contributed by atoms with Gasteiger partial charge in [0.25, 0.3) is 0 Å². The molecule has 0 saturated carbocycles. The fraction of sp³-hybridized carbons (Fsp3) is 0.500. The van der Waals surface area contributed by atoms with Crippen LogP contribution in [0.4, 0.5) is 0 Å². The number of benzene rings is 1. The summed E-state index contributed by atoms with van der Waals surface area (Å²) in [6.07, 6.45) is 2.02. The third-order valence-corrected chi connectivity index (χ3v) is 3.62. The highest BCUT2D eigenvalue weighted by Gasteiger charge is 2.25. The van der Waals surface area contributed by atoms with Gasteiger partial charge in [-0.1, -0.05) is 23.2 Å². The van der Waals surface area contributed by atoms with Crippen LogP contribution in [0, 0.1) is 0 Å². The Kier molecular flexibility index (Phi) is 3.75. The van der Waals surface area contributed by atoms with Gasteiger partial charge < -0.3 is 5.73 Å². The van der Waals surface area contributed by atoms with E-state index in [2.05, 4.69) is 11.9 Å². The van der Waals surface area contributed by atoms with Gasteiger partial charge in [0.1, 0.15) is 0 Å². The topological polar surface area (TPSA) is 29.3 Å². The molecular formula is C12H16Cl2N2. The number of nitrogens with zero attached hydrogens (tertiary/aromatic N) is 1. The maximum absolute atomic E-state index is 6.02. The van der Waals surface area contributed by atoms with E-state index in [9.17, 15) is 0 Å². The second-order valence-corrected chi connectivity index (χ2v) is 5.36. The molecule has 1 aliphatic rings. The predicted molar refractivity (Wildman–Crippen MR) is 69.0 cm³/mol. The van der Waals surface area contributed by atoms with Crippen molar-refractivity contribution in [2.24, 2.45) is 5.73 Å². The molecule has 0 aliphatic carbocycles. The Bertz CT molecular complexity index is 361. The van der Waals surface area contributed by atoms with Crippen LogP contribution in [-0.2, 0) is 0 Å². The number of piperidine rings is 1. The first-order chi connectivity index (χ1) is 7.56. The molecule has 2 atom stereocenters.